The van der Waals surface area contributed by atoms with Crippen LogP contribution in [-0.2, 0) is 0 Å². The highest BCUT2D eigenvalue weighted by Gasteiger charge is 2.12. The summed E-state index contributed by atoms with van der Waals surface area (Å²) < 4.78 is 14.9. The van der Waals surface area contributed by atoms with Gasteiger partial charge in [-0.05, 0) is 6.07 Å². The fourth-order valence-corrected chi connectivity index (χ4v) is 1.06. The van der Waals surface area contributed by atoms with E-state index in [2.05, 4.69) is 20.5 Å². The lowest BCUT2D eigenvalue weighted by Crippen LogP contribution is -1.93. The first-order valence-corrected chi connectivity index (χ1v) is 3.75. The molecule has 0 atom stereocenters. The molecular weight excluding hydrogens is 231 g/mol. The van der Waals surface area contributed by atoms with Gasteiger partial charge in [-0.3, -0.25) is 10.1 Å². The minimum Gasteiger partial charge on any atom is -0.316 e. The summed E-state index contributed by atoms with van der Waals surface area (Å²) in [5.41, 5.74) is -0.0757. The van der Waals surface area contributed by atoms with Crippen LogP contribution >= 0.6 is 16.1 Å². The van der Waals surface area contributed by atoms with Crippen molar-refractivity contribution in [2.45, 2.75) is 0 Å². The molecule has 0 heterocycles. The molecule has 0 saturated carbocycles. The molecule has 1 aromatic rings. The average Bonchev–Trinajstić information content (AvgIpc) is 2.03. The number of benzene rings is 1. The van der Waals surface area contributed by atoms with Crippen molar-refractivity contribution in [1.29, 1.82) is 0 Å². The predicted octanol–water partition coefficient (Wildman–Crippen LogP) is 2.46. The number of hydrogen-bond donors (Lipinski definition) is 1. The van der Waals surface area contributed by atoms with Crippen molar-refractivity contribution in [2.75, 3.05) is 4.34 Å². The first-order valence-electron chi connectivity index (χ1n) is 2.95. The molecule has 1 N–H and O–H groups in total. The zero-order valence-electron chi connectivity index (χ0n) is 5.75. The summed E-state index contributed by atoms with van der Waals surface area (Å²) in [4.78, 5) is 9.72. The van der Waals surface area contributed by atoms with Crippen LogP contribution in [0.2, 0.25) is 0 Å². The van der Waals surface area contributed by atoms with Crippen molar-refractivity contribution in [1.82, 2.24) is 0 Å². The molecular formula is C6H4BrFN2O2. The quantitative estimate of drug-likeness (QED) is 0.486. The van der Waals surface area contributed by atoms with E-state index in [9.17, 15) is 14.5 Å². The Labute approximate surface area is 75.9 Å². The second-order valence-corrected chi connectivity index (χ2v) is 2.41. The molecule has 0 aliphatic rings. The normalized spacial score (nSPS) is 9.50. The van der Waals surface area contributed by atoms with Crippen LogP contribution in [0.1, 0.15) is 0 Å². The molecule has 0 unspecified atom stereocenters. The van der Waals surface area contributed by atoms with Gasteiger partial charge in [0.05, 0.1) is 4.92 Å². The molecule has 0 bridgehead atoms. The highest BCUT2D eigenvalue weighted by atomic mass is 79.9. The number of nitro benzene ring substituents is 1. The van der Waals surface area contributed by atoms with Crippen LogP contribution in [0.5, 0.6) is 0 Å². The molecule has 1 aromatic carbocycles. The third-order valence-electron chi connectivity index (χ3n) is 1.26. The number of nitrogens with one attached hydrogen (secondary N) is 1. The van der Waals surface area contributed by atoms with Gasteiger partial charge in [-0.15, -0.1) is 0 Å². The van der Waals surface area contributed by atoms with Gasteiger partial charge in [-0.1, -0.05) is 0 Å². The van der Waals surface area contributed by atoms with Gasteiger partial charge in [-0.25, -0.2) is 4.39 Å². The minimum atomic E-state index is -0.594. The topological polar surface area (TPSA) is 55.2 Å². The Morgan fingerprint density at radius 3 is 2.75 bits per heavy atom. The van der Waals surface area contributed by atoms with Gasteiger partial charge in [0, 0.05) is 28.3 Å². The summed E-state index contributed by atoms with van der Waals surface area (Å²) in [6.45, 7) is 0. The molecule has 0 saturated heterocycles. The Hall–Kier alpha value is -1.17. The van der Waals surface area contributed by atoms with E-state index < -0.39 is 10.7 Å². The van der Waals surface area contributed by atoms with Crippen LogP contribution in [0.15, 0.2) is 18.2 Å². The van der Waals surface area contributed by atoms with E-state index in [1.807, 2.05) is 0 Å². The lowest BCUT2D eigenvalue weighted by molar-refractivity contribution is -0.383. The van der Waals surface area contributed by atoms with Crippen molar-refractivity contribution < 1.29 is 9.31 Å². The summed E-state index contributed by atoms with van der Waals surface area (Å²) in [6, 6.07) is 3.16. The maximum absolute atomic E-state index is 12.5. The largest absolute Gasteiger partial charge is 0.316 e. The molecule has 0 spiro atoms. The number of nitrogens with zero attached hydrogens (tertiary/aromatic N) is 1. The van der Waals surface area contributed by atoms with Crippen molar-refractivity contribution in [3.63, 3.8) is 0 Å². The number of nitro groups is 1. The molecule has 64 valence electrons. The van der Waals surface area contributed by atoms with Gasteiger partial charge in [-0.2, -0.15) is 0 Å². The van der Waals surface area contributed by atoms with Crippen LogP contribution < -0.4 is 4.34 Å². The Kier molecular flexibility index (Phi) is 2.59. The molecule has 12 heavy (non-hydrogen) atoms. The second kappa shape index (κ2) is 3.48. The van der Waals surface area contributed by atoms with E-state index in [0.717, 1.165) is 18.2 Å². The van der Waals surface area contributed by atoms with Crippen molar-refractivity contribution in [2.24, 2.45) is 0 Å². The standard InChI is InChI=1S/C6H4BrFN2O2/c7-9-5-3-4(8)1-2-6(5)10(11)12/h1-3,9H. The fraction of sp³-hybridized carbons (Fsp3) is 0. The van der Waals surface area contributed by atoms with Gasteiger partial charge in [0.1, 0.15) is 11.5 Å². The first-order chi connectivity index (χ1) is 5.65. The van der Waals surface area contributed by atoms with E-state index in [4.69, 9.17) is 0 Å². The van der Waals surface area contributed by atoms with E-state index >= 15 is 0 Å². The third kappa shape index (κ3) is 1.70. The number of rotatable bonds is 2. The summed E-state index contributed by atoms with van der Waals surface area (Å²) in [7, 11) is 0. The maximum atomic E-state index is 12.5. The summed E-state index contributed by atoms with van der Waals surface area (Å²) in [5.74, 6) is -0.525. The Balaban J connectivity index is 3.20. The fourth-order valence-electron chi connectivity index (χ4n) is 0.743. The van der Waals surface area contributed by atoms with Crippen molar-refractivity contribution in [3.8, 4) is 0 Å². The summed E-state index contributed by atoms with van der Waals surface area (Å²) in [5, 5.41) is 10.3. The second-order valence-electron chi connectivity index (χ2n) is 2.01. The lowest BCUT2D eigenvalue weighted by Gasteiger charge is -1.98. The predicted molar refractivity (Wildman–Crippen MR) is 45.6 cm³/mol. The number of anilines is 1. The third-order valence-corrected chi connectivity index (χ3v) is 1.68. The average molecular weight is 235 g/mol. The van der Waals surface area contributed by atoms with Gasteiger partial charge in [0.15, 0.2) is 0 Å². The van der Waals surface area contributed by atoms with Gasteiger partial charge >= 0.3 is 0 Å². The number of halogens is 2. The SMILES string of the molecule is O=[N+]([O-])c1ccc(F)cc1NBr. The van der Waals surface area contributed by atoms with Gasteiger partial charge in [0.2, 0.25) is 0 Å². The van der Waals surface area contributed by atoms with Gasteiger partial charge in [0.25, 0.3) is 5.69 Å². The smallest absolute Gasteiger partial charge is 0.293 e. The summed E-state index contributed by atoms with van der Waals surface area (Å²) in [6.07, 6.45) is 0. The Bertz CT molecular complexity index is 318. The van der Waals surface area contributed by atoms with Crippen LogP contribution in [-0.4, -0.2) is 4.92 Å². The molecule has 0 aliphatic heterocycles. The molecule has 4 nitrogen and oxygen atoms in total. The van der Waals surface area contributed by atoms with E-state index in [0.29, 0.717) is 0 Å². The first kappa shape index (κ1) is 8.92. The Morgan fingerprint density at radius 2 is 2.25 bits per heavy atom. The van der Waals surface area contributed by atoms with E-state index in [1.165, 1.54) is 0 Å². The van der Waals surface area contributed by atoms with Crippen LogP contribution in [0.3, 0.4) is 0 Å². The highest BCUT2D eigenvalue weighted by Crippen LogP contribution is 2.25. The maximum Gasteiger partial charge on any atom is 0.293 e. The molecule has 1 rings (SSSR count). The number of hydrogen-bond acceptors (Lipinski definition) is 3. The van der Waals surface area contributed by atoms with E-state index in [1.54, 1.807) is 0 Å². The molecule has 0 amide bonds. The van der Waals surface area contributed by atoms with Gasteiger partial charge < -0.3 is 4.34 Å². The highest BCUT2D eigenvalue weighted by molar-refractivity contribution is 9.10. The molecule has 0 radical (unpaired) electrons. The lowest BCUT2D eigenvalue weighted by atomic mass is 10.3. The molecule has 0 fully saturated rings. The molecule has 6 heteroatoms. The van der Waals surface area contributed by atoms with Crippen molar-refractivity contribution >= 4 is 27.5 Å². The zero-order valence-corrected chi connectivity index (χ0v) is 7.34. The molecule has 0 aromatic heterocycles. The van der Waals surface area contributed by atoms with Crippen LogP contribution in [0.4, 0.5) is 15.8 Å². The minimum absolute atomic E-state index is 0.0972. The zero-order chi connectivity index (χ0) is 9.14. The summed E-state index contributed by atoms with van der Waals surface area (Å²) >= 11 is 2.79. The van der Waals surface area contributed by atoms with Crippen LogP contribution in [0.25, 0.3) is 0 Å². The molecule has 0 aliphatic carbocycles. The van der Waals surface area contributed by atoms with Crippen molar-refractivity contribution in [3.05, 3.63) is 34.1 Å². The Morgan fingerprint density at radius 1 is 1.58 bits per heavy atom. The van der Waals surface area contributed by atoms with E-state index in [-0.39, 0.29) is 11.4 Å². The monoisotopic (exact) mass is 234 g/mol. The van der Waals surface area contributed by atoms with Crippen LogP contribution in [0, 0.1) is 15.9 Å².